The number of nitrogens with zero attached hydrogens (tertiary/aromatic N) is 1. The highest BCUT2D eigenvalue weighted by atomic mass is 79.9. The molecule has 0 aliphatic heterocycles. The largest absolute Gasteiger partial charge is 0.497 e. The fraction of sp³-hybridized carbons (Fsp3) is 0.400. The summed E-state index contributed by atoms with van der Waals surface area (Å²) < 4.78 is 11.8. The molecule has 0 spiro atoms. The molecule has 1 aromatic heterocycles. The van der Waals surface area contributed by atoms with Crippen molar-refractivity contribution >= 4 is 44.8 Å². The van der Waals surface area contributed by atoms with E-state index in [1.807, 2.05) is 18.2 Å². The second kappa shape index (κ2) is 11.8. The maximum Gasteiger partial charge on any atom is 0.243 e. The highest BCUT2D eigenvalue weighted by Crippen LogP contribution is 2.35. The molecule has 2 amide bonds. The molecule has 2 N–H and O–H groups in total. The van der Waals surface area contributed by atoms with Crippen LogP contribution < -0.4 is 19.9 Å². The van der Waals surface area contributed by atoms with Crippen molar-refractivity contribution in [1.82, 2.24) is 5.48 Å². The summed E-state index contributed by atoms with van der Waals surface area (Å²) in [6.07, 6.45) is 2.58. The Bertz CT molecular complexity index is 827. The quantitative estimate of drug-likeness (QED) is 0.278. The highest BCUT2D eigenvalue weighted by molar-refractivity contribution is 9.11. The topological polar surface area (TPSA) is 88.1 Å². The van der Waals surface area contributed by atoms with E-state index in [1.54, 1.807) is 48.1 Å². The highest BCUT2D eigenvalue weighted by Gasteiger charge is 2.21. The van der Waals surface area contributed by atoms with Crippen molar-refractivity contribution in [2.24, 2.45) is 0 Å². The van der Waals surface area contributed by atoms with Crippen molar-refractivity contribution in [2.75, 3.05) is 19.1 Å². The summed E-state index contributed by atoms with van der Waals surface area (Å²) in [6, 6.07) is 9.33. The Morgan fingerprint density at radius 1 is 1.10 bits per heavy atom. The number of anilines is 1. The summed E-state index contributed by atoms with van der Waals surface area (Å²) >= 11 is 5.04. The Morgan fingerprint density at radius 3 is 2.48 bits per heavy atom. The molecular weight excluding hydrogens is 460 g/mol. The van der Waals surface area contributed by atoms with Gasteiger partial charge in [-0.2, -0.15) is 0 Å². The second-order valence-corrected chi connectivity index (χ2v) is 8.87. The number of unbranched alkanes of at least 4 members (excludes halogenated alkanes) is 2. The molecule has 0 fully saturated rings. The number of hydroxylamine groups is 1. The third-order valence-corrected chi connectivity index (χ3v) is 5.95. The van der Waals surface area contributed by atoms with Crippen LogP contribution >= 0.6 is 27.3 Å². The van der Waals surface area contributed by atoms with Gasteiger partial charge in [-0.05, 0) is 53.0 Å². The Labute approximate surface area is 182 Å². The van der Waals surface area contributed by atoms with Crippen molar-refractivity contribution in [1.29, 1.82) is 0 Å². The molecule has 1 heterocycles. The third kappa shape index (κ3) is 7.02. The van der Waals surface area contributed by atoms with Gasteiger partial charge in [0, 0.05) is 23.8 Å². The molecule has 0 radical (unpaired) electrons. The van der Waals surface area contributed by atoms with E-state index in [0.717, 1.165) is 15.1 Å². The van der Waals surface area contributed by atoms with Crippen LogP contribution in [0.15, 0.2) is 34.1 Å². The molecule has 0 bridgehead atoms. The molecule has 7 nitrogen and oxygen atoms in total. The number of halogens is 1. The van der Waals surface area contributed by atoms with Crippen LogP contribution in [0.4, 0.5) is 5.69 Å². The van der Waals surface area contributed by atoms with E-state index in [-0.39, 0.29) is 12.3 Å². The summed E-state index contributed by atoms with van der Waals surface area (Å²) in [5, 5.41) is 8.52. The average molecular weight is 485 g/mol. The molecule has 0 saturated carbocycles. The normalized spacial score (nSPS) is 10.5. The van der Waals surface area contributed by atoms with Crippen molar-refractivity contribution in [2.45, 2.75) is 38.6 Å². The maximum atomic E-state index is 13.0. The number of benzene rings is 1. The SMILES string of the molecule is COc1ccc(N(Cc2ccc(Br)s2)C(=O)CCCCCC(=O)NO)c(OC)c1. The van der Waals surface area contributed by atoms with Gasteiger partial charge in [0.1, 0.15) is 11.5 Å². The van der Waals surface area contributed by atoms with Crippen LogP contribution in [0.1, 0.15) is 37.0 Å². The van der Waals surface area contributed by atoms with E-state index < -0.39 is 5.91 Å². The number of nitrogens with one attached hydrogen (secondary N) is 1. The molecule has 0 saturated heterocycles. The average Bonchev–Trinajstić information content (AvgIpc) is 3.15. The molecular formula is C20H25BrN2O5S. The number of methoxy groups -OCH3 is 2. The Balaban J connectivity index is 2.13. The first-order valence-electron chi connectivity index (χ1n) is 9.18. The van der Waals surface area contributed by atoms with Gasteiger partial charge in [0.05, 0.1) is 30.2 Å². The number of ether oxygens (including phenoxy) is 2. The Morgan fingerprint density at radius 2 is 1.86 bits per heavy atom. The zero-order valence-corrected chi connectivity index (χ0v) is 18.8. The lowest BCUT2D eigenvalue weighted by atomic mass is 10.1. The van der Waals surface area contributed by atoms with Gasteiger partial charge in [0.25, 0.3) is 0 Å². The van der Waals surface area contributed by atoms with Gasteiger partial charge in [-0.15, -0.1) is 11.3 Å². The summed E-state index contributed by atoms with van der Waals surface area (Å²) in [6.45, 7) is 0.435. The zero-order chi connectivity index (χ0) is 21.2. The van der Waals surface area contributed by atoms with Gasteiger partial charge < -0.3 is 14.4 Å². The van der Waals surface area contributed by atoms with Crippen LogP contribution in [0.5, 0.6) is 11.5 Å². The fourth-order valence-electron chi connectivity index (χ4n) is 2.84. The Kier molecular flexibility index (Phi) is 9.43. The van der Waals surface area contributed by atoms with Crippen LogP contribution in [0.3, 0.4) is 0 Å². The smallest absolute Gasteiger partial charge is 0.243 e. The molecule has 2 aromatic rings. The molecule has 0 atom stereocenters. The lowest BCUT2D eigenvalue weighted by Crippen LogP contribution is -2.30. The minimum atomic E-state index is -0.413. The van der Waals surface area contributed by atoms with Gasteiger partial charge >= 0.3 is 0 Å². The van der Waals surface area contributed by atoms with Crippen LogP contribution in [-0.4, -0.2) is 31.2 Å². The lowest BCUT2D eigenvalue weighted by Gasteiger charge is -2.24. The van der Waals surface area contributed by atoms with E-state index in [0.29, 0.717) is 43.0 Å². The minimum absolute atomic E-state index is 0.0235. The number of rotatable bonds is 11. The van der Waals surface area contributed by atoms with Gasteiger partial charge in [-0.1, -0.05) is 6.42 Å². The minimum Gasteiger partial charge on any atom is -0.497 e. The molecule has 1 aromatic carbocycles. The van der Waals surface area contributed by atoms with Crippen molar-refractivity contribution in [3.05, 3.63) is 39.0 Å². The summed E-state index contributed by atoms with van der Waals surface area (Å²) in [5.41, 5.74) is 2.30. The summed E-state index contributed by atoms with van der Waals surface area (Å²) in [4.78, 5) is 26.9. The number of thiophene rings is 1. The van der Waals surface area contributed by atoms with Crippen molar-refractivity contribution in [3.8, 4) is 11.5 Å². The predicted molar refractivity (Wildman–Crippen MR) is 116 cm³/mol. The van der Waals surface area contributed by atoms with Crippen molar-refractivity contribution < 1.29 is 24.3 Å². The number of hydrogen-bond acceptors (Lipinski definition) is 6. The molecule has 9 heteroatoms. The maximum absolute atomic E-state index is 13.0. The third-order valence-electron chi connectivity index (χ3n) is 4.34. The van der Waals surface area contributed by atoms with Crippen LogP contribution in [0.2, 0.25) is 0 Å². The zero-order valence-electron chi connectivity index (χ0n) is 16.4. The van der Waals surface area contributed by atoms with E-state index in [1.165, 1.54) is 0 Å². The monoisotopic (exact) mass is 484 g/mol. The van der Waals surface area contributed by atoms with Crippen LogP contribution in [0, 0.1) is 0 Å². The van der Waals surface area contributed by atoms with Gasteiger partial charge in [-0.25, -0.2) is 5.48 Å². The summed E-state index contributed by atoms with van der Waals surface area (Å²) in [5.74, 6) is 0.778. The molecule has 29 heavy (non-hydrogen) atoms. The molecule has 2 rings (SSSR count). The van der Waals surface area contributed by atoms with E-state index in [4.69, 9.17) is 14.7 Å². The van der Waals surface area contributed by atoms with E-state index >= 15 is 0 Å². The summed E-state index contributed by atoms with van der Waals surface area (Å²) in [7, 11) is 3.15. The molecule has 0 unspecified atom stereocenters. The molecule has 158 valence electrons. The fourth-order valence-corrected chi connectivity index (χ4v) is 4.31. The standard InChI is InChI=1S/C20H25BrN2O5S/c1-27-14-8-10-16(17(12-14)28-2)23(13-15-9-11-18(21)29-15)20(25)7-5-3-4-6-19(24)22-26/h8-12,26H,3-7,13H2,1-2H3,(H,22,24). The van der Waals surface area contributed by atoms with Gasteiger partial charge in [-0.3, -0.25) is 14.8 Å². The molecule has 0 aliphatic rings. The van der Waals surface area contributed by atoms with Crippen LogP contribution in [0.25, 0.3) is 0 Å². The van der Waals surface area contributed by atoms with Crippen LogP contribution in [-0.2, 0) is 16.1 Å². The van der Waals surface area contributed by atoms with Gasteiger partial charge in [0.2, 0.25) is 11.8 Å². The predicted octanol–water partition coefficient (Wildman–Crippen LogP) is 4.52. The van der Waals surface area contributed by atoms with Crippen molar-refractivity contribution in [3.63, 3.8) is 0 Å². The lowest BCUT2D eigenvalue weighted by molar-refractivity contribution is -0.129. The first-order valence-corrected chi connectivity index (χ1v) is 10.8. The number of carbonyl (C=O) groups is 2. The first-order chi connectivity index (χ1) is 14.0. The number of carbonyl (C=O) groups excluding carboxylic acids is 2. The number of hydrogen-bond donors (Lipinski definition) is 2. The molecule has 0 aliphatic carbocycles. The van der Waals surface area contributed by atoms with Gasteiger partial charge in [0.15, 0.2) is 0 Å². The van der Waals surface area contributed by atoms with E-state index in [2.05, 4.69) is 15.9 Å². The number of amides is 2. The first kappa shape index (κ1) is 23.2. The van der Waals surface area contributed by atoms with E-state index in [9.17, 15) is 9.59 Å². The second-order valence-electron chi connectivity index (χ2n) is 6.32. The Hall–Kier alpha value is -2.10.